The lowest BCUT2D eigenvalue weighted by atomic mass is 9.55. The quantitative estimate of drug-likeness (QED) is 0.675. The highest BCUT2D eigenvalue weighted by molar-refractivity contribution is 5.69. The van der Waals surface area contributed by atoms with E-state index >= 15 is 0 Å². The highest BCUT2D eigenvalue weighted by Crippen LogP contribution is 2.63. The summed E-state index contributed by atoms with van der Waals surface area (Å²) in [5.41, 5.74) is 3.80. The predicted molar refractivity (Wildman–Crippen MR) is 125 cm³/mol. The van der Waals surface area contributed by atoms with Gasteiger partial charge >= 0.3 is 6.09 Å². The monoisotopic (exact) mass is 447 g/mol. The molecule has 2 saturated carbocycles. The molecule has 1 heterocycles. The Balaban J connectivity index is 1.24. The number of phenolic OH excluding ortho intramolecular Hbond substituents is 1. The third kappa shape index (κ3) is 3.23. The second-order valence-electron chi connectivity index (χ2n) is 10.8. The molecule has 1 amide bonds. The highest BCUT2D eigenvalue weighted by Gasteiger charge is 2.61. The number of rotatable bonds is 3. The topological polar surface area (TPSA) is 59.0 Å². The molecule has 174 valence electrons. The van der Waals surface area contributed by atoms with E-state index in [9.17, 15) is 9.90 Å². The number of phenols is 1. The van der Waals surface area contributed by atoms with Crippen molar-refractivity contribution in [3.63, 3.8) is 0 Å². The van der Waals surface area contributed by atoms with Crippen LogP contribution >= 0.6 is 0 Å². The van der Waals surface area contributed by atoms with E-state index in [1.165, 1.54) is 24.0 Å². The van der Waals surface area contributed by atoms with Crippen LogP contribution in [-0.2, 0) is 17.7 Å². The molecule has 33 heavy (non-hydrogen) atoms. The molecular weight excluding hydrogens is 414 g/mol. The minimum absolute atomic E-state index is 0.00818. The summed E-state index contributed by atoms with van der Waals surface area (Å²) in [5.74, 6) is 3.39. The Bertz CT molecular complexity index is 1080. The fraction of sp³-hybridized carbons (Fsp3) is 0.536. The number of hydrogen-bond acceptors (Lipinski definition) is 4. The van der Waals surface area contributed by atoms with Crippen LogP contribution in [0.2, 0.25) is 0 Å². The van der Waals surface area contributed by atoms with E-state index in [0.29, 0.717) is 30.2 Å². The molecule has 0 radical (unpaired) electrons. The molecule has 5 heteroatoms. The van der Waals surface area contributed by atoms with Gasteiger partial charge in [-0.25, -0.2) is 4.79 Å². The highest BCUT2D eigenvalue weighted by atomic mass is 16.6. The third-order valence-corrected chi connectivity index (χ3v) is 9.30. The van der Waals surface area contributed by atoms with E-state index in [-0.39, 0.29) is 23.4 Å². The lowest BCUT2D eigenvalue weighted by molar-refractivity contribution is -0.0727. The first-order chi connectivity index (χ1) is 16.0. The Morgan fingerprint density at radius 3 is 2.88 bits per heavy atom. The van der Waals surface area contributed by atoms with E-state index in [0.717, 1.165) is 37.1 Å². The molecule has 5 nitrogen and oxygen atoms in total. The van der Waals surface area contributed by atoms with Gasteiger partial charge in [-0.2, -0.15) is 0 Å². The summed E-state index contributed by atoms with van der Waals surface area (Å²) in [7, 11) is 1.74. The molecule has 3 fully saturated rings. The predicted octanol–water partition coefficient (Wildman–Crippen LogP) is 5.50. The summed E-state index contributed by atoms with van der Waals surface area (Å²) in [4.78, 5) is 14.8. The Labute approximate surface area is 195 Å². The number of fused-ring (bicyclic) bond motifs is 7. The van der Waals surface area contributed by atoms with Gasteiger partial charge in [0, 0.05) is 23.4 Å². The van der Waals surface area contributed by atoms with Gasteiger partial charge in [0.1, 0.15) is 17.6 Å². The van der Waals surface area contributed by atoms with E-state index in [1.54, 1.807) is 24.1 Å². The van der Waals surface area contributed by atoms with Crippen molar-refractivity contribution in [2.75, 3.05) is 13.7 Å². The fourth-order valence-corrected chi connectivity index (χ4v) is 7.74. The first-order valence-electron chi connectivity index (χ1n) is 12.4. The Hall–Kier alpha value is -2.69. The molecule has 0 bridgehead atoms. The number of ether oxygens (including phenoxy) is 2. The first-order valence-corrected chi connectivity index (χ1v) is 12.4. The van der Waals surface area contributed by atoms with Gasteiger partial charge < -0.3 is 19.5 Å². The van der Waals surface area contributed by atoms with Gasteiger partial charge in [0.15, 0.2) is 0 Å². The summed E-state index contributed by atoms with van der Waals surface area (Å²) < 4.78 is 11.6. The number of hydrogen-bond donors (Lipinski definition) is 1. The van der Waals surface area contributed by atoms with E-state index in [4.69, 9.17) is 9.47 Å². The van der Waals surface area contributed by atoms with Crippen LogP contribution in [0.1, 0.15) is 55.2 Å². The normalized spacial score (nSPS) is 34.5. The van der Waals surface area contributed by atoms with Gasteiger partial charge in [-0.15, -0.1) is 0 Å². The number of aryl methyl sites for hydroxylation is 1. The molecule has 1 N–H and O–H groups in total. The lowest BCUT2D eigenvalue weighted by Gasteiger charge is -2.51. The maximum absolute atomic E-state index is 13.0. The number of carbonyl (C=O) groups is 1. The number of nitrogens with zero attached hydrogens (tertiary/aromatic N) is 1. The number of para-hydroxylation sites is 1. The van der Waals surface area contributed by atoms with Crippen LogP contribution in [0.3, 0.4) is 0 Å². The van der Waals surface area contributed by atoms with Crippen LogP contribution in [0.4, 0.5) is 4.79 Å². The molecule has 6 atom stereocenters. The number of benzene rings is 2. The minimum Gasteiger partial charge on any atom is -0.508 e. The molecule has 0 spiro atoms. The second-order valence-corrected chi connectivity index (χ2v) is 10.8. The molecule has 0 unspecified atom stereocenters. The zero-order valence-corrected chi connectivity index (χ0v) is 19.5. The van der Waals surface area contributed by atoms with Crippen molar-refractivity contribution < 1.29 is 19.4 Å². The standard InChI is InChI=1S/C28H33NO4/c1-28-12-11-22-21-10-8-20(32-2)13-17(21)7-9-23(22)24(28)14-19-16-29(27(31)33-26(19)28)15-18-5-3-4-6-25(18)30/h3-6,8,10,13,19,22-24,26,30H,7,9,11-12,14-16H2,1-2H3/t19-,22+,23+,24-,26+,28-/m0/s1. The summed E-state index contributed by atoms with van der Waals surface area (Å²) in [5, 5.41) is 10.2. The summed E-state index contributed by atoms with van der Waals surface area (Å²) in [6.45, 7) is 3.50. The molecule has 1 aliphatic heterocycles. The maximum atomic E-state index is 13.0. The van der Waals surface area contributed by atoms with Gasteiger partial charge in [-0.3, -0.25) is 0 Å². The van der Waals surface area contributed by atoms with Crippen LogP contribution in [-0.4, -0.2) is 35.9 Å². The maximum Gasteiger partial charge on any atom is 0.410 e. The molecule has 2 aromatic carbocycles. The van der Waals surface area contributed by atoms with E-state index in [1.807, 2.05) is 12.1 Å². The largest absolute Gasteiger partial charge is 0.508 e. The molecule has 0 aromatic heterocycles. The van der Waals surface area contributed by atoms with Gasteiger partial charge in [0.05, 0.1) is 13.7 Å². The fourth-order valence-electron chi connectivity index (χ4n) is 7.74. The van der Waals surface area contributed by atoms with Crippen molar-refractivity contribution >= 4 is 6.09 Å². The van der Waals surface area contributed by atoms with Crippen LogP contribution in [0.25, 0.3) is 0 Å². The van der Waals surface area contributed by atoms with Crippen LogP contribution in [0, 0.1) is 23.2 Å². The molecule has 4 aliphatic rings. The number of amides is 1. The van der Waals surface area contributed by atoms with Gasteiger partial charge in [-0.1, -0.05) is 31.2 Å². The van der Waals surface area contributed by atoms with E-state index in [2.05, 4.69) is 25.1 Å². The molecule has 3 aliphatic carbocycles. The zero-order valence-electron chi connectivity index (χ0n) is 19.5. The van der Waals surface area contributed by atoms with Crippen molar-refractivity contribution in [3.05, 3.63) is 59.2 Å². The minimum atomic E-state index is -0.232. The number of aromatic hydroxyl groups is 1. The number of methoxy groups -OCH3 is 1. The van der Waals surface area contributed by atoms with E-state index < -0.39 is 0 Å². The van der Waals surface area contributed by atoms with Crippen LogP contribution < -0.4 is 4.74 Å². The van der Waals surface area contributed by atoms with Gasteiger partial charge in [0.2, 0.25) is 0 Å². The van der Waals surface area contributed by atoms with Crippen LogP contribution in [0.5, 0.6) is 11.5 Å². The SMILES string of the molecule is COc1ccc2c(c1)CC[C@@H]1[C@@H]2CC[C@]2(C)[C@@H]3OC(=O)N(Cc4ccccc4O)C[C@@H]3C[C@@H]12. The zero-order chi connectivity index (χ0) is 22.7. The Morgan fingerprint density at radius 2 is 2.06 bits per heavy atom. The summed E-state index contributed by atoms with van der Waals surface area (Å²) in [6, 6.07) is 13.9. The molecule has 1 saturated heterocycles. The molecule has 6 rings (SSSR count). The summed E-state index contributed by atoms with van der Waals surface area (Å²) in [6.07, 6.45) is 5.49. The van der Waals surface area contributed by atoms with Crippen molar-refractivity contribution in [3.8, 4) is 11.5 Å². The average Bonchev–Trinajstić information content (AvgIpc) is 3.11. The van der Waals surface area contributed by atoms with Crippen molar-refractivity contribution in [2.45, 2.75) is 57.6 Å². The Kier molecular flexibility index (Phi) is 4.86. The number of carbonyl (C=O) groups excluding carboxylic acids is 1. The third-order valence-electron chi connectivity index (χ3n) is 9.30. The lowest BCUT2D eigenvalue weighted by Crippen LogP contribution is -2.51. The second kappa shape index (κ2) is 7.68. The van der Waals surface area contributed by atoms with Gasteiger partial charge in [0.25, 0.3) is 0 Å². The van der Waals surface area contributed by atoms with Crippen molar-refractivity contribution in [1.29, 1.82) is 0 Å². The van der Waals surface area contributed by atoms with Crippen molar-refractivity contribution in [1.82, 2.24) is 4.90 Å². The molecule has 2 aromatic rings. The Morgan fingerprint density at radius 1 is 1.21 bits per heavy atom. The molecular formula is C28H33NO4. The van der Waals surface area contributed by atoms with Crippen LogP contribution in [0.15, 0.2) is 42.5 Å². The first kappa shape index (κ1) is 20.9. The smallest absolute Gasteiger partial charge is 0.410 e. The van der Waals surface area contributed by atoms with Crippen molar-refractivity contribution in [2.24, 2.45) is 23.2 Å². The summed E-state index contributed by atoms with van der Waals surface area (Å²) >= 11 is 0. The van der Waals surface area contributed by atoms with Gasteiger partial charge in [-0.05, 0) is 79.2 Å². The average molecular weight is 448 g/mol.